The van der Waals surface area contributed by atoms with Crippen LogP contribution in [-0.2, 0) is 11.2 Å². The molecular formula is C21H20N2O6. The van der Waals surface area contributed by atoms with Crippen LogP contribution in [0.1, 0.15) is 28.5 Å². The summed E-state index contributed by atoms with van der Waals surface area (Å²) in [7, 11) is 3.03. The standard InChI is InChI=1S/C21H20N2O6/c1-4-29-21(24)17-12-22-18(9-13-6-5-7-14(8-13)23(25)26)16-11-20(28-3)19(27-2)10-15(16)17/h5-8,10-12H,4,9H2,1-3H3. The van der Waals surface area contributed by atoms with E-state index in [1.54, 1.807) is 31.2 Å². The summed E-state index contributed by atoms with van der Waals surface area (Å²) in [4.78, 5) is 27.5. The van der Waals surface area contributed by atoms with Crippen LogP contribution in [0.25, 0.3) is 10.8 Å². The van der Waals surface area contributed by atoms with Crippen molar-refractivity contribution in [1.82, 2.24) is 4.98 Å². The number of carbonyl (C=O) groups is 1. The second-order valence-corrected chi connectivity index (χ2v) is 6.20. The van der Waals surface area contributed by atoms with E-state index in [0.717, 1.165) is 5.56 Å². The minimum absolute atomic E-state index is 0.00852. The van der Waals surface area contributed by atoms with Crippen molar-refractivity contribution in [3.63, 3.8) is 0 Å². The minimum atomic E-state index is -0.487. The van der Waals surface area contributed by atoms with Gasteiger partial charge >= 0.3 is 5.97 Å². The summed E-state index contributed by atoms with van der Waals surface area (Å²) in [6, 6.07) is 9.82. The topological polar surface area (TPSA) is 101 Å². The fourth-order valence-corrected chi connectivity index (χ4v) is 3.11. The van der Waals surface area contributed by atoms with E-state index in [1.165, 1.54) is 32.5 Å². The summed E-state index contributed by atoms with van der Waals surface area (Å²) < 4.78 is 15.9. The zero-order valence-corrected chi connectivity index (χ0v) is 16.3. The Balaban J connectivity index is 2.17. The molecule has 0 fully saturated rings. The van der Waals surface area contributed by atoms with Crippen LogP contribution in [0.2, 0.25) is 0 Å². The first-order valence-corrected chi connectivity index (χ1v) is 8.92. The molecule has 0 aliphatic heterocycles. The van der Waals surface area contributed by atoms with Gasteiger partial charge in [0.05, 0.1) is 37.0 Å². The number of pyridine rings is 1. The van der Waals surface area contributed by atoms with Crippen molar-refractivity contribution in [3.05, 3.63) is 69.5 Å². The van der Waals surface area contributed by atoms with Crippen LogP contribution < -0.4 is 9.47 Å². The third-order valence-corrected chi connectivity index (χ3v) is 4.46. The van der Waals surface area contributed by atoms with E-state index < -0.39 is 10.9 Å². The maximum atomic E-state index is 12.4. The van der Waals surface area contributed by atoms with Crippen molar-refractivity contribution < 1.29 is 23.9 Å². The van der Waals surface area contributed by atoms with Gasteiger partial charge in [0.25, 0.3) is 5.69 Å². The van der Waals surface area contributed by atoms with Crippen LogP contribution in [0.5, 0.6) is 11.5 Å². The number of aromatic nitrogens is 1. The van der Waals surface area contributed by atoms with Crippen LogP contribution in [0.4, 0.5) is 5.69 Å². The number of non-ortho nitro benzene ring substituents is 1. The minimum Gasteiger partial charge on any atom is -0.493 e. The molecule has 8 heteroatoms. The van der Waals surface area contributed by atoms with Crippen molar-refractivity contribution in [2.45, 2.75) is 13.3 Å². The number of nitrogens with zero attached hydrogens (tertiary/aromatic N) is 2. The highest BCUT2D eigenvalue weighted by Gasteiger charge is 2.19. The highest BCUT2D eigenvalue weighted by molar-refractivity contribution is 6.05. The highest BCUT2D eigenvalue weighted by atomic mass is 16.6. The monoisotopic (exact) mass is 396 g/mol. The molecule has 0 saturated heterocycles. The molecule has 0 aliphatic rings. The zero-order valence-electron chi connectivity index (χ0n) is 16.3. The van der Waals surface area contributed by atoms with E-state index >= 15 is 0 Å². The van der Waals surface area contributed by atoms with Gasteiger partial charge in [-0.1, -0.05) is 12.1 Å². The van der Waals surface area contributed by atoms with Crippen molar-refractivity contribution in [2.75, 3.05) is 20.8 Å². The van der Waals surface area contributed by atoms with E-state index in [9.17, 15) is 14.9 Å². The number of nitro groups is 1. The summed E-state index contributed by atoms with van der Waals surface area (Å²) >= 11 is 0. The molecule has 0 saturated carbocycles. The van der Waals surface area contributed by atoms with Crippen molar-refractivity contribution in [3.8, 4) is 11.5 Å². The number of rotatable bonds is 7. The average molecular weight is 396 g/mol. The molecule has 0 aliphatic carbocycles. The Bertz CT molecular complexity index is 1080. The molecule has 1 aromatic heterocycles. The Kier molecular flexibility index (Phi) is 5.92. The fourth-order valence-electron chi connectivity index (χ4n) is 3.11. The molecule has 0 bridgehead atoms. The zero-order chi connectivity index (χ0) is 21.0. The predicted octanol–water partition coefficient (Wildman–Crippen LogP) is 3.93. The Morgan fingerprint density at radius 1 is 1.10 bits per heavy atom. The molecule has 0 amide bonds. The van der Waals surface area contributed by atoms with Crippen LogP contribution in [0.3, 0.4) is 0 Å². The van der Waals surface area contributed by atoms with Crippen LogP contribution in [-0.4, -0.2) is 36.7 Å². The maximum absolute atomic E-state index is 12.4. The Hall–Kier alpha value is -3.68. The molecule has 0 atom stereocenters. The molecule has 2 aromatic carbocycles. The molecular weight excluding hydrogens is 376 g/mol. The molecule has 29 heavy (non-hydrogen) atoms. The van der Waals surface area contributed by atoms with Gasteiger partial charge in [-0.2, -0.15) is 0 Å². The first-order valence-electron chi connectivity index (χ1n) is 8.92. The van der Waals surface area contributed by atoms with Crippen LogP contribution in [0.15, 0.2) is 42.6 Å². The normalized spacial score (nSPS) is 10.6. The van der Waals surface area contributed by atoms with Gasteiger partial charge in [0.1, 0.15) is 0 Å². The third-order valence-electron chi connectivity index (χ3n) is 4.46. The van der Waals surface area contributed by atoms with Gasteiger partial charge in [0, 0.05) is 35.5 Å². The fraction of sp³-hybridized carbons (Fsp3) is 0.238. The number of carbonyl (C=O) groups excluding carboxylic acids is 1. The number of methoxy groups -OCH3 is 2. The lowest BCUT2D eigenvalue weighted by atomic mass is 9.99. The Morgan fingerprint density at radius 2 is 1.79 bits per heavy atom. The molecule has 0 radical (unpaired) electrons. The number of fused-ring (bicyclic) bond motifs is 1. The summed E-state index contributed by atoms with van der Waals surface area (Å²) in [5.74, 6) is 0.472. The molecule has 150 valence electrons. The number of nitro benzene ring substituents is 1. The second-order valence-electron chi connectivity index (χ2n) is 6.20. The summed E-state index contributed by atoms with van der Waals surface area (Å²) in [5.41, 5.74) is 1.70. The SMILES string of the molecule is CCOC(=O)c1cnc(Cc2cccc([N+](=O)[O-])c2)c2cc(OC)c(OC)cc12. The molecule has 0 unspecified atom stereocenters. The van der Waals surface area contributed by atoms with Crippen molar-refractivity contribution in [2.24, 2.45) is 0 Å². The number of hydrogen-bond donors (Lipinski definition) is 0. The van der Waals surface area contributed by atoms with E-state index in [4.69, 9.17) is 14.2 Å². The lowest BCUT2D eigenvalue weighted by Crippen LogP contribution is -2.08. The van der Waals surface area contributed by atoms with Gasteiger partial charge < -0.3 is 14.2 Å². The van der Waals surface area contributed by atoms with E-state index in [-0.39, 0.29) is 12.3 Å². The first-order chi connectivity index (χ1) is 14.0. The third kappa shape index (κ3) is 4.11. The lowest BCUT2D eigenvalue weighted by molar-refractivity contribution is -0.384. The quantitative estimate of drug-likeness (QED) is 0.339. The lowest BCUT2D eigenvalue weighted by Gasteiger charge is -2.14. The van der Waals surface area contributed by atoms with Gasteiger partial charge in [-0.3, -0.25) is 15.1 Å². The molecule has 3 aromatic rings. The van der Waals surface area contributed by atoms with E-state index in [2.05, 4.69) is 4.98 Å². The smallest absolute Gasteiger partial charge is 0.340 e. The number of esters is 1. The van der Waals surface area contributed by atoms with Gasteiger partial charge in [-0.15, -0.1) is 0 Å². The van der Waals surface area contributed by atoms with Gasteiger partial charge in [0.2, 0.25) is 0 Å². The van der Waals surface area contributed by atoms with E-state index in [0.29, 0.717) is 39.9 Å². The largest absolute Gasteiger partial charge is 0.493 e. The van der Waals surface area contributed by atoms with Crippen molar-refractivity contribution in [1.29, 1.82) is 0 Å². The van der Waals surface area contributed by atoms with Crippen LogP contribution >= 0.6 is 0 Å². The maximum Gasteiger partial charge on any atom is 0.340 e. The van der Waals surface area contributed by atoms with E-state index in [1.807, 2.05) is 0 Å². The van der Waals surface area contributed by atoms with Gasteiger partial charge in [-0.05, 0) is 24.6 Å². The summed E-state index contributed by atoms with van der Waals surface area (Å²) in [6.45, 7) is 1.97. The van der Waals surface area contributed by atoms with Gasteiger partial charge in [0.15, 0.2) is 11.5 Å². The Morgan fingerprint density at radius 3 is 2.41 bits per heavy atom. The molecule has 3 rings (SSSR count). The number of ether oxygens (including phenoxy) is 3. The molecule has 0 N–H and O–H groups in total. The number of benzene rings is 2. The summed E-state index contributed by atoms with van der Waals surface area (Å²) in [5, 5.41) is 12.3. The highest BCUT2D eigenvalue weighted by Crippen LogP contribution is 2.35. The second kappa shape index (κ2) is 8.55. The average Bonchev–Trinajstić information content (AvgIpc) is 2.73. The van der Waals surface area contributed by atoms with Gasteiger partial charge in [-0.25, -0.2) is 4.79 Å². The molecule has 1 heterocycles. The first kappa shape index (κ1) is 20.1. The van der Waals surface area contributed by atoms with Crippen molar-refractivity contribution >= 4 is 22.4 Å². The van der Waals surface area contributed by atoms with Crippen LogP contribution in [0, 0.1) is 10.1 Å². The predicted molar refractivity (Wildman–Crippen MR) is 107 cm³/mol. The molecule has 0 spiro atoms. The molecule has 8 nitrogen and oxygen atoms in total. The number of hydrogen-bond acceptors (Lipinski definition) is 7. The summed E-state index contributed by atoms with van der Waals surface area (Å²) in [6.07, 6.45) is 1.80. The Labute approximate surface area is 167 Å².